The lowest BCUT2D eigenvalue weighted by atomic mass is 10.1. The van der Waals surface area contributed by atoms with Gasteiger partial charge in [-0.1, -0.05) is 164 Å². The van der Waals surface area contributed by atoms with Crippen LogP contribution in [-0.2, 0) is 0 Å². The van der Waals surface area contributed by atoms with Gasteiger partial charge >= 0.3 is 11.4 Å². The molecule has 13 rings (SSSR count). The van der Waals surface area contributed by atoms with Crippen molar-refractivity contribution in [2.45, 2.75) is 39.3 Å². The van der Waals surface area contributed by atoms with Gasteiger partial charge in [0.05, 0.1) is 57.7 Å². The quantitative estimate of drug-likeness (QED) is 0.0235. The van der Waals surface area contributed by atoms with Gasteiger partial charge in [0, 0.05) is 104 Å². The highest BCUT2D eigenvalue weighted by Crippen LogP contribution is 2.28. The van der Waals surface area contributed by atoms with Crippen molar-refractivity contribution in [1.29, 1.82) is 0 Å². The number of amides is 6. The maximum Gasteiger partial charge on any atom is 0.419 e. The number of aromatic amines is 1. The highest BCUT2D eigenvalue weighted by molar-refractivity contribution is 9.10. The number of carbonyl (C=O) groups excluding carboxylic acids is 6. The number of hydrogen-bond donors (Lipinski definition) is 10. The maximum absolute atomic E-state index is 12.9. The molecule has 7 aromatic carbocycles. The molecule has 0 aliphatic heterocycles. The molecule has 124 heavy (non-hydrogen) atoms. The highest BCUT2D eigenvalue weighted by Gasteiger charge is 2.21. The molecule has 0 bridgehead atoms. The van der Waals surface area contributed by atoms with Crippen LogP contribution in [0.15, 0.2) is 254 Å². The summed E-state index contributed by atoms with van der Waals surface area (Å²) in [6.45, 7) is 27.0. The number of nitrogens with one attached hydrogen (secondary N) is 7. The number of aromatic nitrogens is 6. The van der Waals surface area contributed by atoms with Gasteiger partial charge in [0.25, 0.3) is 35.4 Å². The van der Waals surface area contributed by atoms with E-state index in [-0.39, 0.29) is 34.0 Å². The summed E-state index contributed by atoms with van der Waals surface area (Å²) in [7, 11) is -2.92. The molecule has 6 aromatic heterocycles. The maximum atomic E-state index is 12.9. The van der Waals surface area contributed by atoms with Gasteiger partial charge in [0.2, 0.25) is 0 Å². The molecular formula is C89H70Br2Cl5N17O9Si2. The van der Waals surface area contributed by atoms with Crippen LogP contribution in [0, 0.1) is 48.4 Å². The number of hydrogen-bond acceptors (Lipinski definition) is 17. The zero-order valence-corrected chi connectivity index (χ0v) is 75.2. The number of nitrogens with zero attached hydrogens (tertiary/aromatic N) is 7. The largest absolute Gasteiger partial charge is 0.419 e. The van der Waals surface area contributed by atoms with Gasteiger partial charge in [0.15, 0.2) is 11.4 Å². The molecule has 0 saturated heterocycles. The molecule has 0 unspecified atom stereocenters. The predicted octanol–water partition coefficient (Wildman–Crippen LogP) is 20.5. The normalized spacial score (nSPS) is 10.2. The molecule has 0 radical (unpaired) electrons. The Bertz CT molecular complexity index is 6490. The summed E-state index contributed by atoms with van der Waals surface area (Å²) in [4.78, 5) is 126. The fourth-order valence-corrected chi connectivity index (χ4v) is 12.0. The highest BCUT2D eigenvalue weighted by atomic mass is 79.9. The van der Waals surface area contributed by atoms with E-state index in [2.05, 4.69) is 176 Å². The van der Waals surface area contributed by atoms with Crippen LogP contribution in [0.5, 0.6) is 0 Å². The van der Waals surface area contributed by atoms with Crippen molar-refractivity contribution < 1.29 is 33.2 Å². The number of pyridine rings is 5. The lowest BCUT2D eigenvalue weighted by molar-refractivity contribution is 0.101. The van der Waals surface area contributed by atoms with Crippen LogP contribution in [0.4, 0.5) is 63.2 Å². The third-order valence-corrected chi connectivity index (χ3v) is 19.5. The summed E-state index contributed by atoms with van der Waals surface area (Å²) in [6.07, 6.45) is 13.3. The van der Waals surface area contributed by atoms with E-state index < -0.39 is 51.2 Å². The third kappa shape index (κ3) is 31.2. The van der Waals surface area contributed by atoms with E-state index in [0.717, 1.165) is 20.1 Å². The molecule has 35 heteroatoms. The second-order valence-corrected chi connectivity index (χ2v) is 41.1. The number of nitrogens with two attached hydrogens (primary N) is 3. The first kappa shape index (κ1) is 95.4. The molecule has 6 heterocycles. The average Bonchev–Trinajstić information content (AvgIpc) is 0.825. The molecule has 6 amide bonds. The van der Waals surface area contributed by atoms with E-state index >= 15 is 0 Å². The first-order valence-electron chi connectivity index (χ1n) is 36.2. The molecule has 0 saturated carbocycles. The number of nitrogen functional groups attached to an aromatic ring is 3. The summed E-state index contributed by atoms with van der Waals surface area (Å²) in [5, 5.41) is 18.4. The van der Waals surface area contributed by atoms with Crippen molar-refractivity contribution in [2.24, 2.45) is 0 Å². The molecular weight excluding hydrogens is 1840 g/mol. The van der Waals surface area contributed by atoms with E-state index in [9.17, 15) is 38.4 Å². The minimum absolute atomic E-state index is 0.173. The monoisotopic (exact) mass is 1910 g/mol. The van der Waals surface area contributed by atoms with Gasteiger partial charge in [-0.25, -0.2) is 44.2 Å². The van der Waals surface area contributed by atoms with Gasteiger partial charge in [0.1, 0.15) is 45.2 Å². The Hall–Kier alpha value is -14.0. The standard InChI is InChI=1S/C25H21ClN4O2Si.C22H13ClN4O2.C17H18ClN3OSi.C12H9BrClN3O.C8H4ClNO3.C5H5BrN2/c1-27-20-9-6-18(7-10-20)24(31)29-22-11-8-19(26)15-21(22)25(32)30-23-12-5-17(16-28-23)13-14-33(2,3)4;1-3-14-4-11-20(25-13-14)27-22(29)18-12-16(23)7-10-19(18)26-21(28)15-5-8-17(24-2)9-6-15;1-23(2,3)9-8-12-4-7-16(20-11-12)21-17(22)14-10-13(18)5-6-15(14)19;13-7-1-4-11(16-6-7)17-12(18)9-5-8(14)2-3-10(9)15;9-4-1-2-6-5(3-4)7(11)13-8(12)10-6;6-4-1-2-5(7)8-3-4/h5-12,15-16H,2-4H3,(H,29,31)(H,28,30,32);1,4-13H,(H,26,28)(H,25,27,29);4-7,10-11H,19H2,1-3H3,(H,20,21,22);1-6H,15H2,(H,16,17,18);1-3H,(H,10,12);1-3H,(H2,7,8). The summed E-state index contributed by atoms with van der Waals surface area (Å²) in [5.41, 5.74) is 29.2. The van der Waals surface area contributed by atoms with Crippen LogP contribution in [0.25, 0.3) is 20.6 Å². The topological polar surface area (TPSA) is 389 Å². The number of rotatable bonds is 12. The van der Waals surface area contributed by atoms with Gasteiger partial charge in [-0.15, -0.1) is 17.5 Å². The van der Waals surface area contributed by atoms with Gasteiger partial charge in [-0.3, -0.25) is 33.8 Å². The first-order chi connectivity index (χ1) is 58.9. The summed E-state index contributed by atoms with van der Waals surface area (Å²) in [6, 6.07) is 52.9. The second kappa shape index (κ2) is 45.6. The zero-order chi connectivity index (χ0) is 90.4. The number of benzene rings is 7. The van der Waals surface area contributed by atoms with Crippen LogP contribution in [-0.4, -0.2) is 81.5 Å². The van der Waals surface area contributed by atoms with Gasteiger partial charge in [-0.2, -0.15) is 0 Å². The lowest BCUT2D eigenvalue weighted by Gasteiger charge is -2.12. The Kier molecular flexibility index (Phi) is 35.1. The van der Waals surface area contributed by atoms with Crippen LogP contribution in [0.2, 0.25) is 64.4 Å². The van der Waals surface area contributed by atoms with Crippen LogP contribution in [0.3, 0.4) is 0 Å². The molecule has 0 atom stereocenters. The van der Waals surface area contributed by atoms with Crippen molar-refractivity contribution in [3.8, 4) is 35.3 Å². The van der Waals surface area contributed by atoms with Crippen LogP contribution in [0.1, 0.15) is 78.8 Å². The Labute approximate surface area is 755 Å². The van der Waals surface area contributed by atoms with Gasteiger partial charge in [-0.05, 0) is 184 Å². The van der Waals surface area contributed by atoms with Crippen molar-refractivity contribution in [2.75, 3.05) is 49.1 Å². The van der Waals surface area contributed by atoms with Gasteiger partial charge < -0.3 is 53.5 Å². The molecule has 0 spiro atoms. The fraction of sp³-hybridized carbons (Fsp3) is 0.0674. The number of halogens is 7. The molecule has 622 valence electrons. The van der Waals surface area contributed by atoms with Crippen LogP contribution < -0.4 is 60.5 Å². The summed E-state index contributed by atoms with van der Waals surface area (Å²) >= 11 is 36.0. The molecule has 13 aromatic rings. The second-order valence-electron chi connectivity index (χ2n) is 27.6. The molecule has 0 aliphatic carbocycles. The van der Waals surface area contributed by atoms with Crippen molar-refractivity contribution >= 4 is 216 Å². The molecule has 26 nitrogen and oxygen atoms in total. The van der Waals surface area contributed by atoms with E-state index in [1.807, 2.05) is 12.1 Å². The van der Waals surface area contributed by atoms with E-state index in [4.69, 9.17) is 94.8 Å². The predicted molar refractivity (Wildman–Crippen MR) is 505 cm³/mol. The Balaban J connectivity index is 0.000000193. The minimum atomic E-state index is -1.50. The SMILES string of the molecule is C[Si](C)(C)C#Cc1ccc(NC(=O)c2cc(Cl)ccc2N)nc1.Nc1ccc(Br)cn1.Nc1ccc(Cl)cc1C(=O)Nc1ccc(Br)cn1.O=c1[nH]c2ccc(Cl)cc2c(=O)o1.[C-]#[N+]c1ccc(C(=O)Nc2ccc(Cl)cc2C(=O)Nc2ccc(C#C)cn2)cc1.[C-]#[N+]c1ccc(C(=O)Nc2ccc(Cl)cc2C(=O)Nc2ccc(C#C[Si](C)(C)C)cn2)cc1. The lowest BCUT2D eigenvalue weighted by Crippen LogP contribution is -2.18. The van der Waals surface area contributed by atoms with E-state index in [1.165, 1.54) is 54.7 Å². The Morgan fingerprint density at radius 1 is 0.419 bits per heavy atom. The first-order valence-corrected chi connectivity index (χ1v) is 46.6. The van der Waals surface area contributed by atoms with Crippen LogP contribution >= 0.6 is 89.9 Å². The fourth-order valence-electron chi connectivity index (χ4n) is 9.64. The van der Waals surface area contributed by atoms with Crippen molar-refractivity contribution in [3.05, 3.63) is 359 Å². The Morgan fingerprint density at radius 2 is 0.766 bits per heavy atom. The number of H-pyrrole nitrogens is 1. The van der Waals surface area contributed by atoms with Crippen molar-refractivity contribution in [1.82, 2.24) is 29.9 Å². The molecule has 0 aliphatic rings. The smallest absolute Gasteiger partial charge is 0.398 e. The zero-order valence-electron chi connectivity index (χ0n) is 66.2. The van der Waals surface area contributed by atoms with E-state index in [1.54, 1.807) is 164 Å². The average molecular weight is 1910 g/mol. The van der Waals surface area contributed by atoms with E-state index in [0.29, 0.717) is 116 Å². The Morgan fingerprint density at radius 3 is 1.11 bits per heavy atom. The van der Waals surface area contributed by atoms with Crippen molar-refractivity contribution in [3.63, 3.8) is 0 Å². The third-order valence-electron chi connectivity index (χ3n) is 15.7. The number of terminal acetylenes is 1. The molecule has 13 N–H and O–H groups in total. The summed E-state index contributed by atoms with van der Waals surface area (Å²) < 4.78 is 6.11. The number of anilines is 9. The molecule has 0 fully saturated rings. The number of fused-ring (bicyclic) bond motifs is 1. The summed E-state index contributed by atoms with van der Waals surface area (Å²) in [5.74, 6) is 7.51. The number of carbonyl (C=O) groups is 6. The minimum Gasteiger partial charge on any atom is -0.398 e.